The molecule has 32 heavy (non-hydrogen) atoms. The number of halogens is 1. The second-order valence-corrected chi connectivity index (χ2v) is 9.72. The van der Waals surface area contributed by atoms with Gasteiger partial charge in [0, 0.05) is 31.6 Å². The van der Waals surface area contributed by atoms with Gasteiger partial charge in [0.1, 0.15) is 13.2 Å². The summed E-state index contributed by atoms with van der Waals surface area (Å²) in [5.41, 5.74) is 1.31. The van der Waals surface area contributed by atoms with Crippen molar-refractivity contribution in [1.29, 1.82) is 0 Å². The van der Waals surface area contributed by atoms with Crippen molar-refractivity contribution < 1.29 is 14.3 Å². The number of ether oxygens (including phenoxy) is 2. The van der Waals surface area contributed by atoms with E-state index in [9.17, 15) is 4.79 Å². The fourth-order valence-electron chi connectivity index (χ4n) is 5.58. The zero-order valence-electron chi connectivity index (χ0n) is 19.9. The first-order chi connectivity index (χ1) is 15.1. The molecule has 1 saturated carbocycles. The molecule has 180 valence electrons. The summed E-state index contributed by atoms with van der Waals surface area (Å²) in [5.74, 6) is 3.19. The molecule has 0 radical (unpaired) electrons. The molecule has 1 aromatic carbocycles. The Morgan fingerprint density at radius 2 is 1.75 bits per heavy atom. The summed E-state index contributed by atoms with van der Waals surface area (Å²) in [6.07, 6.45) is 9.31. The predicted octanol–water partition coefficient (Wildman–Crippen LogP) is 4.95. The van der Waals surface area contributed by atoms with E-state index in [1.165, 1.54) is 24.8 Å². The largest absolute Gasteiger partial charge is 0.486 e. The summed E-state index contributed by atoms with van der Waals surface area (Å²) in [6, 6.07) is 6.85. The molecule has 0 spiro atoms. The van der Waals surface area contributed by atoms with Crippen LogP contribution in [-0.2, 0) is 11.2 Å². The highest BCUT2D eigenvalue weighted by molar-refractivity contribution is 5.85. The molecule has 3 aliphatic rings. The van der Waals surface area contributed by atoms with Crippen LogP contribution >= 0.6 is 12.4 Å². The summed E-state index contributed by atoms with van der Waals surface area (Å²) < 4.78 is 11.4. The molecule has 4 rings (SSSR count). The molecule has 1 unspecified atom stereocenters. The Balaban J connectivity index is 0.00000289. The number of amides is 1. The number of carbonyl (C=O) groups is 1. The number of hydrogen-bond donors (Lipinski definition) is 0. The van der Waals surface area contributed by atoms with Crippen LogP contribution in [0.15, 0.2) is 18.2 Å². The van der Waals surface area contributed by atoms with Crippen LogP contribution in [0.1, 0.15) is 64.4 Å². The number of piperidine rings is 1. The maximum absolute atomic E-state index is 12.8. The second-order valence-electron chi connectivity index (χ2n) is 9.72. The van der Waals surface area contributed by atoms with Gasteiger partial charge in [0.15, 0.2) is 11.5 Å². The molecule has 6 heteroatoms. The van der Waals surface area contributed by atoms with Crippen molar-refractivity contribution in [3.63, 3.8) is 0 Å². The van der Waals surface area contributed by atoms with Gasteiger partial charge >= 0.3 is 0 Å². The van der Waals surface area contributed by atoms with Gasteiger partial charge < -0.3 is 19.3 Å². The number of likely N-dealkylation sites (tertiary alicyclic amines) is 1. The monoisotopic (exact) mass is 464 g/mol. The van der Waals surface area contributed by atoms with Crippen LogP contribution in [0.5, 0.6) is 11.5 Å². The number of fused-ring (bicyclic) bond motifs is 1. The lowest BCUT2D eigenvalue weighted by atomic mass is 9.87. The van der Waals surface area contributed by atoms with E-state index >= 15 is 0 Å². The highest BCUT2D eigenvalue weighted by Crippen LogP contribution is 2.32. The molecule has 5 nitrogen and oxygen atoms in total. The topological polar surface area (TPSA) is 42.0 Å². The van der Waals surface area contributed by atoms with Gasteiger partial charge in [0.2, 0.25) is 5.91 Å². The van der Waals surface area contributed by atoms with E-state index in [-0.39, 0.29) is 12.4 Å². The van der Waals surface area contributed by atoms with Crippen molar-refractivity contribution in [2.24, 2.45) is 11.8 Å². The quantitative estimate of drug-likeness (QED) is 0.572. The summed E-state index contributed by atoms with van der Waals surface area (Å²) in [6.45, 7) is 9.97. The standard InChI is InChI=1S/C26H40N2O3.ClH/c1-3-27(20(2)17-22-9-10-24-25(18-22)31-16-15-30-24)19-21-11-13-28(14-12-21)26(29)23-7-5-4-6-8-23;/h9-10,18,20-21,23H,3-8,11-17,19H2,1-2H3;1H. The predicted molar refractivity (Wildman–Crippen MR) is 131 cm³/mol. The van der Waals surface area contributed by atoms with Crippen molar-refractivity contribution in [3.05, 3.63) is 23.8 Å². The fourth-order valence-corrected chi connectivity index (χ4v) is 5.58. The lowest BCUT2D eigenvalue weighted by molar-refractivity contribution is -0.138. The van der Waals surface area contributed by atoms with Crippen LogP contribution in [0.4, 0.5) is 0 Å². The van der Waals surface area contributed by atoms with E-state index in [1.807, 2.05) is 6.07 Å². The lowest BCUT2D eigenvalue weighted by Gasteiger charge is -2.38. The van der Waals surface area contributed by atoms with Crippen molar-refractivity contribution >= 4 is 18.3 Å². The Labute approximate surface area is 200 Å². The minimum Gasteiger partial charge on any atom is -0.486 e. The van der Waals surface area contributed by atoms with Crippen LogP contribution in [0.25, 0.3) is 0 Å². The summed E-state index contributed by atoms with van der Waals surface area (Å²) in [7, 11) is 0. The molecular formula is C26H41ClN2O3. The Kier molecular flexibility index (Phi) is 9.54. The van der Waals surface area contributed by atoms with E-state index in [2.05, 4.69) is 35.8 Å². The molecule has 1 aromatic rings. The first-order valence-corrected chi connectivity index (χ1v) is 12.6. The van der Waals surface area contributed by atoms with Crippen LogP contribution in [0, 0.1) is 11.8 Å². The molecule has 2 fully saturated rings. The molecule has 0 bridgehead atoms. The van der Waals surface area contributed by atoms with Gasteiger partial charge in [0.25, 0.3) is 0 Å². The van der Waals surface area contributed by atoms with E-state index in [4.69, 9.17) is 9.47 Å². The summed E-state index contributed by atoms with van der Waals surface area (Å²) in [4.78, 5) is 17.6. The Morgan fingerprint density at radius 3 is 2.44 bits per heavy atom. The molecule has 1 saturated heterocycles. The van der Waals surface area contributed by atoms with Crippen LogP contribution in [-0.4, -0.2) is 61.1 Å². The van der Waals surface area contributed by atoms with Gasteiger partial charge in [-0.1, -0.05) is 32.3 Å². The number of hydrogen-bond acceptors (Lipinski definition) is 4. The van der Waals surface area contributed by atoms with E-state index in [0.29, 0.717) is 37.0 Å². The molecule has 2 heterocycles. The summed E-state index contributed by atoms with van der Waals surface area (Å²) >= 11 is 0. The minimum absolute atomic E-state index is 0. The fraction of sp³-hybridized carbons (Fsp3) is 0.731. The zero-order chi connectivity index (χ0) is 21.6. The molecule has 1 atom stereocenters. The average molecular weight is 465 g/mol. The molecule has 1 amide bonds. The smallest absolute Gasteiger partial charge is 0.225 e. The number of rotatable bonds is 7. The van der Waals surface area contributed by atoms with E-state index in [1.54, 1.807) is 0 Å². The van der Waals surface area contributed by atoms with Crippen LogP contribution in [0.3, 0.4) is 0 Å². The second kappa shape index (κ2) is 12.1. The molecule has 2 aliphatic heterocycles. The zero-order valence-corrected chi connectivity index (χ0v) is 20.7. The third kappa shape index (κ3) is 6.32. The van der Waals surface area contributed by atoms with Crippen LogP contribution in [0.2, 0.25) is 0 Å². The third-order valence-electron chi connectivity index (χ3n) is 7.54. The number of carbonyl (C=O) groups excluding carboxylic acids is 1. The first-order valence-electron chi connectivity index (χ1n) is 12.6. The SMILES string of the molecule is CCN(CC1CCN(C(=O)C2CCCCC2)CC1)C(C)Cc1ccc2c(c1)OCCO2.Cl. The summed E-state index contributed by atoms with van der Waals surface area (Å²) in [5, 5.41) is 0. The molecule has 0 aromatic heterocycles. The van der Waals surface area contributed by atoms with E-state index in [0.717, 1.165) is 69.8 Å². The van der Waals surface area contributed by atoms with Gasteiger partial charge in [0.05, 0.1) is 0 Å². The van der Waals surface area contributed by atoms with Crippen molar-refractivity contribution in [3.8, 4) is 11.5 Å². The highest BCUT2D eigenvalue weighted by atomic mass is 35.5. The molecule has 1 aliphatic carbocycles. The van der Waals surface area contributed by atoms with Gasteiger partial charge in [-0.3, -0.25) is 4.79 Å². The molecule has 0 N–H and O–H groups in total. The van der Waals surface area contributed by atoms with Gasteiger partial charge in [-0.15, -0.1) is 12.4 Å². The van der Waals surface area contributed by atoms with Crippen molar-refractivity contribution in [2.45, 2.75) is 71.3 Å². The minimum atomic E-state index is 0. The third-order valence-corrected chi connectivity index (χ3v) is 7.54. The first kappa shape index (κ1) is 25.2. The Morgan fingerprint density at radius 1 is 1.06 bits per heavy atom. The Hall–Kier alpha value is -1.46. The maximum Gasteiger partial charge on any atom is 0.225 e. The van der Waals surface area contributed by atoms with Gasteiger partial charge in [-0.05, 0) is 69.2 Å². The van der Waals surface area contributed by atoms with Crippen molar-refractivity contribution in [1.82, 2.24) is 9.80 Å². The lowest BCUT2D eigenvalue weighted by Crippen LogP contribution is -2.45. The van der Waals surface area contributed by atoms with Crippen molar-refractivity contribution in [2.75, 3.05) is 39.4 Å². The average Bonchev–Trinajstić information content (AvgIpc) is 2.83. The maximum atomic E-state index is 12.8. The number of likely N-dealkylation sites (N-methyl/N-ethyl adjacent to an activating group) is 1. The number of nitrogens with zero attached hydrogens (tertiary/aromatic N) is 2. The van der Waals surface area contributed by atoms with Crippen LogP contribution < -0.4 is 9.47 Å². The van der Waals surface area contributed by atoms with Gasteiger partial charge in [-0.25, -0.2) is 0 Å². The van der Waals surface area contributed by atoms with E-state index < -0.39 is 0 Å². The normalized spacial score (nSPS) is 20.7. The van der Waals surface area contributed by atoms with Gasteiger partial charge in [-0.2, -0.15) is 0 Å². The molecular weight excluding hydrogens is 424 g/mol. The Bertz CT molecular complexity index is 730. The highest BCUT2D eigenvalue weighted by Gasteiger charge is 2.30. The number of benzene rings is 1.